The Morgan fingerprint density at radius 2 is 2.38 bits per heavy atom. The van der Waals surface area contributed by atoms with E-state index in [4.69, 9.17) is 0 Å². The first-order valence-corrected chi connectivity index (χ1v) is 5.79. The molecule has 0 fully saturated rings. The van der Waals surface area contributed by atoms with Crippen LogP contribution in [0.3, 0.4) is 0 Å². The normalized spacial score (nSPS) is 14.9. The maximum Gasteiger partial charge on any atom is 0.214 e. The first-order valence-electron chi connectivity index (χ1n) is 4.99. The number of hydrogen-bond donors (Lipinski definition) is 0. The van der Waals surface area contributed by atoms with Crippen molar-refractivity contribution < 1.29 is 4.79 Å². The lowest BCUT2D eigenvalue weighted by molar-refractivity contribution is -0.114. The topological polar surface area (TPSA) is 35.9 Å². The number of carbonyl (C=O) groups excluding carboxylic acids is 1. The molecule has 0 radical (unpaired) electrons. The van der Waals surface area contributed by atoms with E-state index in [-0.39, 0.29) is 0 Å². The van der Waals surface area contributed by atoms with Crippen molar-refractivity contribution in [3.63, 3.8) is 0 Å². The lowest BCUT2D eigenvalue weighted by Gasteiger charge is -2.13. The van der Waals surface area contributed by atoms with Gasteiger partial charge >= 0.3 is 0 Å². The van der Waals surface area contributed by atoms with Crippen molar-refractivity contribution in [1.82, 2.24) is 4.90 Å². The van der Waals surface area contributed by atoms with Crippen LogP contribution in [0.4, 0.5) is 5.69 Å². The number of hydrogen-bond acceptors (Lipinski definition) is 3. The van der Waals surface area contributed by atoms with E-state index in [2.05, 4.69) is 21.0 Å². The molecule has 0 unspecified atom stereocenters. The highest BCUT2D eigenvalue weighted by molar-refractivity contribution is 9.10. The average Bonchev–Trinajstić information content (AvgIpc) is 2.77. The molecular weight excluding hydrogens is 270 g/mol. The van der Waals surface area contributed by atoms with Gasteiger partial charge in [0.25, 0.3) is 0 Å². The van der Waals surface area contributed by atoms with E-state index in [1.54, 1.807) is 7.05 Å². The van der Waals surface area contributed by atoms with Crippen LogP contribution in [0, 0.1) is 0 Å². The van der Waals surface area contributed by atoms with Crippen molar-refractivity contribution in [2.45, 2.75) is 6.42 Å². The van der Waals surface area contributed by atoms with Crippen molar-refractivity contribution in [3.05, 3.63) is 28.7 Å². The molecule has 4 nitrogen and oxygen atoms in total. The van der Waals surface area contributed by atoms with Crippen LogP contribution >= 0.6 is 15.9 Å². The Balaban J connectivity index is 2.19. The van der Waals surface area contributed by atoms with Crippen LogP contribution < -0.4 is 5.01 Å². The maximum atomic E-state index is 10.6. The highest BCUT2D eigenvalue weighted by Gasteiger charge is 2.18. The molecular formula is C11H12BrN3O. The van der Waals surface area contributed by atoms with Gasteiger partial charge in [-0.05, 0) is 18.2 Å². The Morgan fingerprint density at radius 1 is 1.56 bits per heavy atom. The molecule has 16 heavy (non-hydrogen) atoms. The second-order valence-electron chi connectivity index (χ2n) is 3.59. The van der Waals surface area contributed by atoms with Crippen LogP contribution in [0.1, 0.15) is 6.42 Å². The zero-order valence-corrected chi connectivity index (χ0v) is 10.5. The van der Waals surface area contributed by atoms with Gasteiger partial charge in [-0.3, -0.25) is 9.80 Å². The van der Waals surface area contributed by atoms with Crippen LogP contribution in [0.5, 0.6) is 0 Å². The highest BCUT2D eigenvalue weighted by Crippen LogP contribution is 2.23. The predicted molar refractivity (Wildman–Crippen MR) is 67.4 cm³/mol. The summed E-state index contributed by atoms with van der Waals surface area (Å²) in [5, 5.41) is 6.30. The van der Waals surface area contributed by atoms with Crippen LogP contribution in [0.15, 0.2) is 33.8 Å². The Labute approximate surface area is 103 Å². The fraction of sp³-hybridized carbons (Fsp3) is 0.273. The van der Waals surface area contributed by atoms with Crippen LogP contribution in [0.25, 0.3) is 0 Å². The highest BCUT2D eigenvalue weighted by atomic mass is 79.9. The molecule has 1 amide bonds. The van der Waals surface area contributed by atoms with E-state index < -0.39 is 0 Å². The van der Waals surface area contributed by atoms with E-state index in [0.717, 1.165) is 35.4 Å². The van der Waals surface area contributed by atoms with E-state index in [1.165, 1.54) is 4.90 Å². The SMILES string of the molecule is CN(C=O)C1=NN(c2cccc(Br)c2)CC1. The van der Waals surface area contributed by atoms with Crippen LogP contribution in [-0.4, -0.2) is 30.7 Å². The van der Waals surface area contributed by atoms with Gasteiger partial charge in [-0.1, -0.05) is 22.0 Å². The number of hydrazone groups is 1. The molecule has 0 atom stereocenters. The third-order valence-electron chi connectivity index (χ3n) is 2.45. The summed E-state index contributed by atoms with van der Waals surface area (Å²) in [5.41, 5.74) is 1.03. The van der Waals surface area contributed by atoms with E-state index in [9.17, 15) is 4.79 Å². The quantitative estimate of drug-likeness (QED) is 0.778. The van der Waals surface area contributed by atoms with Crippen molar-refractivity contribution in [2.75, 3.05) is 18.6 Å². The number of carbonyl (C=O) groups is 1. The van der Waals surface area contributed by atoms with Gasteiger partial charge in [0.2, 0.25) is 6.41 Å². The number of anilines is 1. The first kappa shape index (κ1) is 11.1. The largest absolute Gasteiger partial charge is 0.305 e. The number of nitrogens with zero attached hydrogens (tertiary/aromatic N) is 3. The van der Waals surface area contributed by atoms with Gasteiger partial charge in [0.15, 0.2) is 0 Å². The molecule has 0 aromatic heterocycles. The van der Waals surface area contributed by atoms with Gasteiger partial charge in [-0.15, -0.1) is 0 Å². The molecule has 5 heteroatoms. The van der Waals surface area contributed by atoms with Crippen molar-refractivity contribution in [3.8, 4) is 0 Å². The lowest BCUT2D eigenvalue weighted by atomic mass is 10.3. The summed E-state index contributed by atoms with van der Waals surface area (Å²) in [4.78, 5) is 12.1. The number of benzene rings is 1. The van der Waals surface area contributed by atoms with Gasteiger partial charge in [-0.2, -0.15) is 5.10 Å². The molecule has 1 aromatic carbocycles. The lowest BCUT2D eigenvalue weighted by Crippen LogP contribution is -2.23. The third-order valence-corrected chi connectivity index (χ3v) is 2.95. The van der Waals surface area contributed by atoms with Crippen LogP contribution in [0.2, 0.25) is 0 Å². The molecule has 84 valence electrons. The Hall–Kier alpha value is -1.36. The van der Waals surface area contributed by atoms with Gasteiger partial charge in [0, 0.05) is 24.5 Å². The van der Waals surface area contributed by atoms with Gasteiger partial charge in [0.1, 0.15) is 5.84 Å². The van der Waals surface area contributed by atoms with Gasteiger partial charge < -0.3 is 4.90 Å². The summed E-state index contributed by atoms with van der Waals surface area (Å²) in [6.07, 6.45) is 1.57. The van der Waals surface area contributed by atoms with Crippen molar-refractivity contribution in [2.24, 2.45) is 5.10 Å². The second kappa shape index (κ2) is 4.65. The first-order chi connectivity index (χ1) is 7.70. The molecule has 1 aliphatic rings. The minimum absolute atomic E-state index is 0.781. The average molecular weight is 282 g/mol. The minimum Gasteiger partial charge on any atom is -0.305 e. The zero-order chi connectivity index (χ0) is 11.5. The molecule has 0 N–H and O–H groups in total. The molecule has 0 saturated heterocycles. The van der Waals surface area contributed by atoms with Crippen molar-refractivity contribution >= 4 is 33.9 Å². The Kier molecular flexibility index (Phi) is 3.24. The molecule has 1 aromatic rings. The third kappa shape index (κ3) is 2.24. The summed E-state index contributed by atoms with van der Waals surface area (Å²) in [5.74, 6) is 0.801. The fourth-order valence-electron chi connectivity index (χ4n) is 1.58. The molecule has 0 aliphatic carbocycles. The summed E-state index contributed by atoms with van der Waals surface area (Å²) >= 11 is 3.43. The van der Waals surface area contributed by atoms with Gasteiger partial charge in [-0.25, -0.2) is 0 Å². The van der Waals surface area contributed by atoms with E-state index >= 15 is 0 Å². The van der Waals surface area contributed by atoms with Crippen LogP contribution in [-0.2, 0) is 4.79 Å². The molecule has 1 heterocycles. The second-order valence-corrected chi connectivity index (χ2v) is 4.50. The smallest absolute Gasteiger partial charge is 0.214 e. The Bertz CT molecular complexity index is 433. The van der Waals surface area contributed by atoms with Crippen molar-refractivity contribution in [1.29, 1.82) is 0 Å². The zero-order valence-electron chi connectivity index (χ0n) is 8.93. The number of amides is 1. The molecule has 1 aliphatic heterocycles. The molecule has 2 rings (SSSR count). The minimum atomic E-state index is 0.781. The monoisotopic (exact) mass is 281 g/mol. The van der Waals surface area contributed by atoms with E-state index in [0.29, 0.717) is 0 Å². The summed E-state index contributed by atoms with van der Waals surface area (Å²) in [6.45, 7) is 0.809. The standard InChI is InChI=1S/C11H12BrN3O/c1-14(8-16)11-5-6-15(13-11)10-4-2-3-9(12)7-10/h2-4,7-8H,5-6H2,1H3. The maximum absolute atomic E-state index is 10.6. The number of amidine groups is 1. The summed E-state index contributed by atoms with van der Waals surface area (Å²) in [7, 11) is 1.72. The summed E-state index contributed by atoms with van der Waals surface area (Å²) < 4.78 is 1.03. The fourth-order valence-corrected chi connectivity index (χ4v) is 1.96. The predicted octanol–water partition coefficient (Wildman–Crippen LogP) is 2.06. The molecule has 0 bridgehead atoms. The molecule has 0 saturated carbocycles. The summed E-state index contributed by atoms with van der Waals surface area (Å²) in [6, 6.07) is 7.95. The Morgan fingerprint density at radius 3 is 3.06 bits per heavy atom. The molecule has 0 spiro atoms. The number of rotatable bonds is 2. The van der Waals surface area contributed by atoms with E-state index in [1.807, 2.05) is 29.3 Å². The number of halogens is 1. The van der Waals surface area contributed by atoms with Gasteiger partial charge in [0.05, 0.1) is 5.69 Å².